The number of aromatic nitrogens is 1. The SMILES string of the molecule is COc1cc(Br)c(OC)c(C(=O)Nc2ccc3nc(N4CCOCC4)sc3c2)c1. The minimum absolute atomic E-state index is 0.279. The number of nitrogens with one attached hydrogen (secondary N) is 1. The number of halogens is 1. The number of hydrogen-bond acceptors (Lipinski definition) is 7. The molecule has 2 heterocycles. The molecule has 0 aliphatic carbocycles. The molecular formula is C20H20BrN3O4S. The van der Waals surface area contributed by atoms with Crippen molar-refractivity contribution in [3.63, 3.8) is 0 Å². The number of hydrogen-bond donors (Lipinski definition) is 1. The number of amides is 1. The molecule has 7 nitrogen and oxygen atoms in total. The van der Waals surface area contributed by atoms with E-state index in [9.17, 15) is 4.79 Å². The summed E-state index contributed by atoms with van der Waals surface area (Å²) < 4.78 is 17.7. The van der Waals surface area contributed by atoms with Crippen LogP contribution in [-0.2, 0) is 4.74 Å². The number of carbonyl (C=O) groups is 1. The number of anilines is 2. The predicted molar refractivity (Wildman–Crippen MR) is 118 cm³/mol. The largest absolute Gasteiger partial charge is 0.497 e. The van der Waals surface area contributed by atoms with Crippen LogP contribution in [0.3, 0.4) is 0 Å². The second-order valence-corrected chi connectivity index (χ2v) is 8.29. The summed E-state index contributed by atoms with van der Waals surface area (Å²) in [6.07, 6.45) is 0. The van der Waals surface area contributed by atoms with Gasteiger partial charge in [-0.05, 0) is 46.3 Å². The zero-order valence-corrected chi connectivity index (χ0v) is 18.4. The first-order valence-corrected chi connectivity index (χ1v) is 10.7. The van der Waals surface area contributed by atoms with Gasteiger partial charge in [-0.3, -0.25) is 4.79 Å². The Labute approximate surface area is 180 Å². The van der Waals surface area contributed by atoms with Crippen molar-refractivity contribution in [1.29, 1.82) is 0 Å². The van der Waals surface area contributed by atoms with E-state index in [1.54, 1.807) is 30.6 Å². The number of ether oxygens (including phenoxy) is 3. The number of rotatable bonds is 5. The molecule has 3 aromatic rings. The average molecular weight is 478 g/mol. The molecule has 1 aliphatic heterocycles. The predicted octanol–water partition coefficient (Wildman–Crippen LogP) is 4.16. The number of fused-ring (bicyclic) bond motifs is 1. The fourth-order valence-electron chi connectivity index (χ4n) is 3.14. The molecule has 152 valence electrons. The summed E-state index contributed by atoms with van der Waals surface area (Å²) in [6.45, 7) is 3.12. The number of methoxy groups -OCH3 is 2. The number of benzene rings is 2. The van der Waals surface area contributed by atoms with Gasteiger partial charge in [-0.2, -0.15) is 0 Å². The lowest BCUT2D eigenvalue weighted by molar-refractivity contribution is 0.102. The van der Waals surface area contributed by atoms with Crippen molar-refractivity contribution in [2.45, 2.75) is 0 Å². The molecule has 29 heavy (non-hydrogen) atoms. The van der Waals surface area contributed by atoms with Crippen molar-refractivity contribution in [2.75, 3.05) is 50.7 Å². The van der Waals surface area contributed by atoms with Crippen LogP contribution in [0.4, 0.5) is 10.8 Å². The molecule has 9 heteroatoms. The Hall–Kier alpha value is -2.36. The molecule has 0 radical (unpaired) electrons. The van der Waals surface area contributed by atoms with E-state index in [1.807, 2.05) is 18.2 Å². The number of nitrogens with zero attached hydrogens (tertiary/aromatic N) is 2. The highest BCUT2D eigenvalue weighted by Crippen LogP contribution is 2.35. The zero-order valence-electron chi connectivity index (χ0n) is 16.0. The number of morpholine rings is 1. The summed E-state index contributed by atoms with van der Waals surface area (Å²) in [5.41, 5.74) is 1.99. The average Bonchev–Trinajstić information content (AvgIpc) is 3.17. The molecule has 0 atom stereocenters. The molecule has 1 fully saturated rings. The Balaban J connectivity index is 1.59. The summed E-state index contributed by atoms with van der Waals surface area (Å²) >= 11 is 5.03. The van der Waals surface area contributed by atoms with Gasteiger partial charge < -0.3 is 24.4 Å². The maximum Gasteiger partial charge on any atom is 0.259 e. The molecule has 0 spiro atoms. The Morgan fingerprint density at radius 3 is 2.72 bits per heavy atom. The standard InChI is InChI=1S/C20H20BrN3O4S/c1-26-13-10-14(18(27-2)15(21)11-13)19(25)22-12-3-4-16-17(9-12)29-20(23-16)24-5-7-28-8-6-24/h3-4,9-11H,5-8H2,1-2H3,(H,22,25). The fraction of sp³-hybridized carbons (Fsp3) is 0.300. The van der Waals surface area contributed by atoms with Crippen LogP contribution < -0.4 is 19.7 Å². The summed E-state index contributed by atoms with van der Waals surface area (Å²) in [6, 6.07) is 9.12. The van der Waals surface area contributed by atoms with E-state index >= 15 is 0 Å². The first kappa shape index (κ1) is 19.9. The summed E-state index contributed by atoms with van der Waals surface area (Å²) in [4.78, 5) is 19.8. The highest BCUT2D eigenvalue weighted by atomic mass is 79.9. The minimum atomic E-state index is -0.279. The minimum Gasteiger partial charge on any atom is -0.497 e. The van der Waals surface area contributed by atoms with Crippen molar-refractivity contribution in [1.82, 2.24) is 4.98 Å². The Morgan fingerprint density at radius 1 is 1.21 bits per heavy atom. The van der Waals surface area contributed by atoms with Gasteiger partial charge in [-0.1, -0.05) is 11.3 Å². The number of thiazole rings is 1. The van der Waals surface area contributed by atoms with Crippen LogP contribution in [0.2, 0.25) is 0 Å². The van der Waals surface area contributed by atoms with E-state index in [2.05, 4.69) is 26.1 Å². The maximum absolute atomic E-state index is 12.9. The van der Waals surface area contributed by atoms with Crippen LogP contribution >= 0.6 is 27.3 Å². The normalized spacial score (nSPS) is 14.1. The fourth-order valence-corrected chi connectivity index (χ4v) is 4.80. The molecule has 0 saturated carbocycles. The van der Waals surface area contributed by atoms with Crippen LogP contribution in [0.25, 0.3) is 10.2 Å². The quantitative estimate of drug-likeness (QED) is 0.594. The first-order valence-electron chi connectivity index (χ1n) is 9.05. The van der Waals surface area contributed by atoms with Gasteiger partial charge in [0.05, 0.1) is 47.7 Å². The molecule has 0 unspecified atom stereocenters. The van der Waals surface area contributed by atoms with Crippen molar-refractivity contribution < 1.29 is 19.0 Å². The van der Waals surface area contributed by atoms with Gasteiger partial charge in [-0.15, -0.1) is 0 Å². The lowest BCUT2D eigenvalue weighted by atomic mass is 10.1. The van der Waals surface area contributed by atoms with Crippen molar-refractivity contribution in [3.8, 4) is 11.5 Å². The summed E-state index contributed by atoms with van der Waals surface area (Å²) in [5.74, 6) is 0.742. The second-order valence-electron chi connectivity index (χ2n) is 6.42. The Morgan fingerprint density at radius 2 is 2.00 bits per heavy atom. The first-order chi connectivity index (χ1) is 14.1. The molecule has 1 aromatic heterocycles. The molecule has 4 rings (SSSR count). The zero-order chi connectivity index (χ0) is 20.4. The highest BCUT2D eigenvalue weighted by molar-refractivity contribution is 9.10. The third-order valence-corrected chi connectivity index (χ3v) is 6.29. The topological polar surface area (TPSA) is 72.9 Å². The van der Waals surface area contributed by atoms with Gasteiger partial charge in [0, 0.05) is 18.8 Å². The second kappa shape index (κ2) is 8.56. The molecule has 1 amide bonds. The molecule has 0 bridgehead atoms. The van der Waals surface area contributed by atoms with E-state index in [4.69, 9.17) is 19.2 Å². The van der Waals surface area contributed by atoms with Gasteiger partial charge in [0.1, 0.15) is 11.5 Å². The lowest BCUT2D eigenvalue weighted by Gasteiger charge is -2.25. The Bertz CT molecular complexity index is 1050. The maximum atomic E-state index is 12.9. The van der Waals surface area contributed by atoms with Crippen molar-refractivity contribution in [3.05, 3.63) is 40.4 Å². The molecule has 1 saturated heterocycles. The van der Waals surface area contributed by atoms with Gasteiger partial charge in [0.2, 0.25) is 0 Å². The van der Waals surface area contributed by atoms with Gasteiger partial charge in [0.25, 0.3) is 5.91 Å². The number of carbonyl (C=O) groups excluding carboxylic acids is 1. The smallest absolute Gasteiger partial charge is 0.259 e. The van der Waals surface area contributed by atoms with Crippen molar-refractivity contribution >= 4 is 54.2 Å². The molecule has 1 N–H and O–H groups in total. The lowest BCUT2D eigenvalue weighted by Crippen LogP contribution is -2.36. The van der Waals surface area contributed by atoms with Crippen LogP contribution in [0, 0.1) is 0 Å². The third kappa shape index (κ3) is 4.17. The molecular weight excluding hydrogens is 458 g/mol. The van der Waals surface area contributed by atoms with Crippen LogP contribution in [0.5, 0.6) is 11.5 Å². The monoisotopic (exact) mass is 477 g/mol. The van der Waals surface area contributed by atoms with E-state index in [0.717, 1.165) is 41.7 Å². The third-order valence-electron chi connectivity index (χ3n) is 4.62. The summed E-state index contributed by atoms with van der Waals surface area (Å²) in [5, 5.41) is 3.92. The highest BCUT2D eigenvalue weighted by Gasteiger charge is 2.19. The van der Waals surface area contributed by atoms with E-state index in [-0.39, 0.29) is 5.91 Å². The van der Waals surface area contributed by atoms with E-state index in [0.29, 0.717) is 27.2 Å². The van der Waals surface area contributed by atoms with Crippen molar-refractivity contribution in [2.24, 2.45) is 0 Å². The van der Waals surface area contributed by atoms with Crippen LogP contribution in [0.1, 0.15) is 10.4 Å². The summed E-state index contributed by atoms with van der Waals surface area (Å²) in [7, 11) is 3.08. The van der Waals surface area contributed by atoms with Gasteiger partial charge in [-0.25, -0.2) is 4.98 Å². The molecule has 2 aromatic carbocycles. The Kier molecular flexibility index (Phi) is 5.89. The van der Waals surface area contributed by atoms with Crippen LogP contribution in [0.15, 0.2) is 34.8 Å². The van der Waals surface area contributed by atoms with E-state index < -0.39 is 0 Å². The van der Waals surface area contributed by atoms with Gasteiger partial charge in [0.15, 0.2) is 5.13 Å². The van der Waals surface area contributed by atoms with E-state index in [1.165, 1.54) is 7.11 Å². The van der Waals surface area contributed by atoms with Crippen LogP contribution in [-0.4, -0.2) is 51.4 Å². The molecule has 1 aliphatic rings. The van der Waals surface area contributed by atoms with Gasteiger partial charge >= 0.3 is 0 Å².